The lowest BCUT2D eigenvalue weighted by Crippen LogP contribution is -2.44. The molecule has 18 heavy (non-hydrogen) atoms. The van der Waals surface area contributed by atoms with Gasteiger partial charge >= 0.3 is 0 Å². The molecule has 0 aromatic heterocycles. The minimum Gasteiger partial charge on any atom is -0.374 e. The number of halogens is 1. The van der Waals surface area contributed by atoms with E-state index in [1.165, 1.54) is 0 Å². The minimum atomic E-state index is -0.136. The van der Waals surface area contributed by atoms with E-state index < -0.39 is 0 Å². The van der Waals surface area contributed by atoms with E-state index >= 15 is 0 Å². The van der Waals surface area contributed by atoms with Gasteiger partial charge in [-0.3, -0.25) is 0 Å². The van der Waals surface area contributed by atoms with Crippen LogP contribution in [0.1, 0.15) is 11.1 Å². The molecule has 0 aliphatic carbocycles. The van der Waals surface area contributed by atoms with Crippen molar-refractivity contribution in [1.82, 2.24) is 10.2 Å². The highest BCUT2D eigenvalue weighted by Gasteiger charge is 2.16. The number of benzene rings is 1. The van der Waals surface area contributed by atoms with Crippen molar-refractivity contribution in [3.63, 3.8) is 0 Å². The smallest absolute Gasteiger partial charge is 0.126 e. The van der Waals surface area contributed by atoms with Gasteiger partial charge in [0.25, 0.3) is 0 Å². The third-order valence-corrected chi connectivity index (χ3v) is 3.28. The normalized spacial score (nSPS) is 21.2. The zero-order valence-electron chi connectivity index (χ0n) is 11.1. The van der Waals surface area contributed by atoms with E-state index in [0.29, 0.717) is 12.1 Å². The number of hydrogen-bond donors (Lipinski definition) is 1. The average molecular weight is 252 g/mol. The highest BCUT2D eigenvalue weighted by molar-refractivity contribution is 5.23. The second kappa shape index (κ2) is 6.27. The van der Waals surface area contributed by atoms with Gasteiger partial charge in [0.05, 0.1) is 12.7 Å². The monoisotopic (exact) mass is 252 g/mol. The number of hydrogen-bond acceptors (Lipinski definition) is 3. The molecule has 2 rings (SSSR count). The van der Waals surface area contributed by atoms with Crippen LogP contribution < -0.4 is 5.32 Å². The number of aryl methyl sites for hydroxylation is 1. The Kier molecular flexibility index (Phi) is 4.69. The summed E-state index contributed by atoms with van der Waals surface area (Å²) in [7, 11) is 2.10. The molecule has 1 aliphatic heterocycles. The summed E-state index contributed by atoms with van der Waals surface area (Å²) in [5, 5.41) is 3.32. The summed E-state index contributed by atoms with van der Waals surface area (Å²) < 4.78 is 19.0. The summed E-state index contributed by atoms with van der Waals surface area (Å²) in [6.07, 6.45) is 0.235. The molecule has 0 radical (unpaired) electrons. The van der Waals surface area contributed by atoms with Gasteiger partial charge in [0.1, 0.15) is 5.82 Å². The fraction of sp³-hybridized carbons (Fsp3) is 0.571. The van der Waals surface area contributed by atoms with Crippen LogP contribution in [-0.2, 0) is 11.3 Å². The zero-order chi connectivity index (χ0) is 13.0. The molecular weight excluding hydrogens is 231 g/mol. The summed E-state index contributed by atoms with van der Waals surface area (Å²) in [5.41, 5.74) is 1.67. The van der Waals surface area contributed by atoms with E-state index in [9.17, 15) is 4.39 Å². The number of rotatable bonds is 4. The summed E-state index contributed by atoms with van der Waals surface area (Å²) in [6.45, 7) is 6.01. The molecule has 1 fully saturated rings. The lowest BCUT2D eigenvalue weighted by atomic mass is 10.1. The molecule has 0 saturated carbocycles. The van der Waals surface area contributed by atoms with Crippen molar-refractivity contribution >= 4 is 0 Å². The summed E-state index contributed by atoms with van der Waals surface area (Å²) >= 11 is 0. The Bertz CT molecular complexity index is 397. The van der Waals surface area contributed by atoms with Crippen molar-refractivity contribution in [1.29, 1.82) is 0 Å². The van der Waals surface area contributed by atoms with Crippen molar-refractivity contribution in [3.05, 3.63) is 35.1 Å². The second-order valence-electron chi connectivity index (χ2n) is 4.97. The molecule has 1 aliphatic rings. The number of likely N-dealkylation sites (N-methyl/N-ethyl adjacent to an activating group) is 1. The summed E-state index contributed by atoms with van der Waals surface area (Å²) in [5.74, 6) is -0.136. The number of morpholine rings is 1. The number of nitrogens with zero attached hydrogens (tertiary/aromatic N) is 1. The third-order valence-electron chi connectivity index (χ3n) is 3.28. The average Bonchev–Trinajstić information content (AvgIpc) is 2.34. The first kappa shape index (κ1) is 13.5. The molecule has 1 unspecified atom stereocenters. The fourth-order valence-corrected chi connectivity index (χ4v) is 2.11. The summed E-state index contributed by atoms with van der Waals surface area (Å²) in [6, 6.07) is 5.37. The van der Waals surface area contributed by atoms with Gasteiger partial charge in [-0.1, -0.05) is 12.1 Å². The molecule has 0 bridgehead atoms. The maximum absolute atomic E-state index is 13.4. The molecule has 1 aromatic rings. The zero-order valence-corrected chi connectivity index (χ0v) is 11.1. The van der Waals surface area contributed by atoms with Crippen LogP contribution in [0.5, 0.6) is 0 Å². The Morgan fingerprint density at radius 1 is 1.50 bits per heavy atom. The molecule has 1 atom stereocenters. The SMILES string of the molecule is Cc1ccc(CNCC2CN(C)CCO2)cc1F. The van der Waals surface area contributed by atoms with Crippen molar-refractivity contribution in [3.8, 4) is 0 Å². The van der Waals surface area contributed by atoms with E-state index in [4.69, 9.17) is 4.74 Å². The standard InChI is InChI=1S/C14H21FN2O/c1-11-3-4-12(7-14(11)15)8-16-9-13-10-17(2)5-6-18-13/h3-4,7,13,16H,5-6,8-10H2,1-2H3. The maximum Gasteiger partial charge on any atom is 0.126 e. The molecule has 1 N–H and O–H groups in total. The second-order valence-corrected chi connectivity index (χ2v) is 4.97. The lowest BCUT2D eigenvalue weighted by molar-refractivity contribution is -0.0182. The van der Waals surface area contributed by atoms with Crippen LogP contribution >= 0.6 is 0 Å². The third kappa shape index (κ3) is 3.77. The molecule has 3 nitrogen and oxygen atoms in total. The molecule has 0 amide bonds. The van der Waals surface area contributed by atoms with Crippen molar-refractivity contribution in [2.24, 2.45) is 0 Å². The maximum atomic E-state index is 13.4. The molecule has 4 heteroatoms. The highest BCUT2D eigenvalue weighted by atomic mass is 19.1. The van der Waals surface area contributed by atoms with Crippen LogP contribution in [0.2, 0.25) is 0 Å². The Hall–Kier alpha value is -0.970. The molecule has 1 heterocycles. The van der Waals surface area contributed by atoms with E-state index in [0.717, 1.165) is 31.8 Å². The lowest BCUT2D eigenvalue weighted by Gasteiger charge is -2.30. The molecule has 1 aromatic carbocycles. The first-order chi connectivity index (χ1) is 8.65. The van der Waals surface area contributed by atoms with Gasteiger partial charge in [0.15, 0.2) is 0 Å². The fourth-order valence-electron chi connectivity index (χ4n) is 2.11. The van der Waals surface area contributed by atoms with Crippen LogP contribution in [-0.4, -0.2) is 44.3 Å². The van der Waals surface area contributed by atoms with Gasteiger partial charge < -0.3 is 15.0 Å². The van der Waals surface area contributed by atoms with Gasteiger partial charge in [0.2, 0.25) is 0 Å². The first-order valence-corrected chi connectivity index (χ1v) is 6.41. The number of ether oxygens (including phenoxy) is 1. The Labute approximate surface area is 108 Å². The first-order valence-electron chi connectivity index (χ1n) is 6.41. The van der Waals surface area contributed by atoms with Crippen LogP contribution in [0.25, 0.3) is 0 Å². The largest absolute Gasteiger partial charge is 0.374 e. The number of nitrogens with one attached hydrogen (secondary N) is 1. The summed E-state index contributed by atoms with van der Waals surface area (Å²) in [4.78, 5) is 2.27. The van der Waals surface area contributed by atoms with Gasteiger partial charge in [-0.05, 0) is 31.2 Å². The van der Waals surface area contributed by atoms with Crippen molar-refractivity contribution in [2.45, 2.75) is 19.6 Å². The van der Waals surface area contributed by atoms with Crippen molar-refractivity contribution < 1.29 is 9.13 Å². The molecule has 1 saturated heterocycles. The van der Waals surface area contributed by atoms with Gasteiger partial charge in [-0.15, -0.1) is 0 Å². The van der Waals surface area contributed by atoms with Crippen molar-refractivity contribution in [2.75, 3.05) is 33.3 Å². The topological polar surface area (TPSA) is 24.5 Å². The van der Waals surface area contributed by atoms with Crippen LogP contribution in [0.3, 0.4) is 0 Å². The van der Waals surface area contributed by atoms with Crippen LogP contribution in [0.4, 0.5) is 4.39 Å². The molecule has 100 valence electrons. The predicted molar refractivity (Wildman–Crippen MR) is 70.1 cm³/mol. The van der Waals surface area contributed by atoms with Gasteiger partial charge in [0, 0.05) is 26.2 Å². The van der Waals surface area contributed by atoms with E-state index in [1.54, 1.807) is 13.0 Å². The minimum absolute atomic E-state index is 0.136. The quantitative estimate of drug-likeness (QED) is 0.880. The Balaban J connectivity index is 1.76. The molecule has 0 spiro atoms. The highest BCUT2D eigenvalue weighted by Crippen LogP contribution is 2.09. The van der Waals surface area contributed by atoms with Crippen LogP contribution in [0.15, 0.2) is 18.2 Å². The van der Waals surface area contributed by atoms with Crippen LogP contribution in [0, 0.1) is 12.7 Å². The molecular formula is C14H21FN2O. The van der Waals surface area contributed by atoms with E-state index in [2.05, 4.69) is 17.3 Å². The predicted octanol–water partition coefficient (Wildman–Crippen LogP) is 1.55. The van der Waals surface area contributed by atoms with E-state index in [-0.39, 0.29) is 11.9 Å². The Morgan fingerprint density at radius 3 is 3.06 bits per heavy atom. The van der Waals surface area contributed by atoms with Gasteiger partial charge in [-0.2, -0.15) is 0 Å². The van der Waals surface area contributed by atoms with E-state index in [1.807, 2.05) is 12.1 Å². The van der Waals surface area contributed by atoms with Gasteiger partial charge in [-0.25, -0.2) is 4.39 Å². The Morgan fingerprint density at radius 2 is 2.33 bits per heavy atom.